The van der Waals surface area contributed by atoms with Crippen molar-refractivity contribution in [2.45, 2.75) is 6.92 Å². The Kier molecular flexibility index (Phi) is 1.99. The van der Waals surface area contributed by atoms with E-state index >= 15 is 0 Å². The highest BCUT2D eigenvalue weighted by Gasteiger charge is 2.15. The highest BCUT2D eigenvalue weighted by Crippen LogP contribution is 2.13. The Morgan fingerprint density at radius 2 is 2.29 bits per heavy atom. The number of halogens is 1. The van der Waals surface area contributed by atoms with E-state index in [4.69, 9.17) is 5.11 Å². The van der Waals surface area contributed by atoms with Crippen LogP contribution in [-0.4, -0.2) is 25.4 Å². The van der Waals surface area contributed by atoms with Crippen molar-refractivity contribution >= 4 is 27.7 Å². The van der Waals surface area contributed by atoms with E-state index in [0.717, 1.165) is 0 Å². The number of fused-ring (bicyclic) bond motifs is 1. The summed E-state index contributed by atoms with van der Waals surface area (Å²) in [4.78, 5) is 19.0. The van der Waals surface area contributed by atoms with Gasteiger partial charge >= 0.3 is 5.97 Å². The molecule has 0 aliphatic heterocycles. The minimum Gasteiger partial charge on any atom is -0.477 e. The Balaban J connectivity index is 2.84. The number of hydrogen-bond acceptors (Lipinski definition) is 3. The minimum absolute atomic E-state index is 0.153. The summed E-state index contributed by atoms with van der Waals surface area (Å²) in [6.45, 7) is 1.64. The zero-order valence-corrected chi connectivity index (χ0v) is 8.82. The molecule has 0 atom stereocenters. The molecule has 0 spiro atoms. The molecule has 2 aromatic heterocycles. The molecule has 0 saturated carbocycles. The predicted molar refractivity (Wildman–Crippen MR) is 52.4 cm³/mol. The minimum atomic E-state index is -1.00. The Hall–Kier alpha value is -1.43. The molecule has 0 aliphatic rings. The van der Waals surface area contributed by atoms with E-state index < -0.39 is 5.97 Å². The topological polar surface area (TPSA) is 67.5 Å². The molecule has 14 heavy (non-hydrogen) atoms. The van der Waals surface area contributed by atoms with Gasteiger partial charge in [0, 0.05) is 6.20 Å². The van der Waals surface area contributed by atoms with Crippen molar-refractivity contribution in [3.8, 4) is 0 Å². The zero-order chi connectivity index (χ0) is 10.3. The van der Waals surface area contributed by atoms with Crippen molar-refractivity contribution in [3.63, 3.8) is 0 Å². The van der Waals surface area contributed by atoms with Crippen molar-refractivity contribution < 1.29 is 9.90 Å². The molecule has 6 heteroatoms. The average molecular weight is 256 g/mol. The maximum absolute atomic E-state index is 10.9. The van der Waals surface area contributed by atoms with Crippen LogP contribution in [-0.2, 0) is 0 Å². The van der Waals surface area contributed by atoms with Gasteiger partial charge in [-0.1, -0.05) is 0 Å². The molecule has 2 heterocycles. The number of aromatic carboxylic acids is 1. The molecule has 0 fully saturated rings. The monoisotopic (exact) mass is 255 g/mol. The third-order valence-electron chi connectivity index (χ3n) is 1.84. The molecule has 1 N–H and O–H groups in total. The van der Waals surface area contributed by atoms with Gasteiger partial charge in [-0.15, -0.1) is 0 Å². The first-order chi connectivity index (χ1) is 6.59. The Labute approximate surface area is 87.5 Å². The number of rotatable bonds is 1. The molecule has 2 aromatic rings. The largest absolute Gasteiger partial charge is 0.477 e. The van der Waals surface area contributed by atoms with Crippen LogP contribution in [0, 0.1) is 6.92 Å². The lowest BCUT2D eigenvalue weighted by atomic mass is 10.3. The summed E-state index contributed by atoms with van der Waals surface area (Å²) in [6, 6.07) is 1.67. The summed E-state index contributed by atoms with van der Waals surface area (Å²) in [6.07, 6.45) is 1.62. The van der Waals surface area contributed by atoms with Crippen LogP contribution >= 0.6 is 15.9 Å². The third kappa shape index (κ3) is 1.27. The Bertz CT molecular complexity index is 521. The van der Waals surface area contributed by atoms with Gasteiger partial charge in [-0.2, -0.15) is 0 Å². The third-order valence-corrected chi connectivity index (χ3v) is 2.28. The van der Waals surface area contributed by atoms with E-state index in [1.807, 2.05) is 0 Å². The van der Waals surface area contributed by atoms with Crippen molar-refractivity contribution in [1.82, 2.24) is 14.4 Å². The van der Waals surface area contributed by atoms with Crippen molar-refractivity contribution in [1.29, 1.82) is 0 Å². The second-order valence-electron chi connectivity index (χ2n) is 2.77. The number of carbonyl (C=O) groups is 1. The smallest absolute Gasteiger partial charge is 0.354 e. The zero-order valence-electron chi connectivity index (χ0n) is 7.23. The van der Waals surface area contributed by atoms with E-state index in [0.29, 0.717) is 16.1 Å². The quantitative estimate of drug-likeness (QED) is 0.785. The van der Waals surface area contributed by atoms with Crippen molar-refractivity contribution in [2.75, 3.05) is 0 Å². The highest BCUT2D eigenvalue weighted by atomic mass is 79.9. The number of hydrogen-bond donors (Lipinski definition) is 1. The summed E-state index contributed by atoms with van der Waals surface area (Å²) in [5, 5.41) is 8.92. The molecule has 0 saturated heterocycles. The number of carboxylic acids is 1. The van der Waals surface area contributed by atoms with Gasteiger partial charge in [-0.05, 0) is 28.9 Å². The normalized spacial score (nSPS) is 10.7. The first-order valence-electron chi connectivity index (χ1n) is 3.84. The van der Waals surface area contributed by atoms with Crippen LogP contribution < -0.4 is 0 Å². The molecular formula is C8H6BrN3O2. The van der Waals surface area contributed by atoms with Crippen LogP contribution in [0.2, 0.25) is 0 Å². The lowest BCUT2D eigenvalue weighted by Gasteiger charge is -1.96. The van der Waals surface area contributed by atoms with Crippen LogP contribution in [0.5, 0.6) is 0 Å². The highest BCUT2D eigenvalue weighted by molar-refractivity contribution is 9.10. The summed E-state index contributed by atoms with van der Waals surface area (Å²) in [5.41, 5.74) is 0.614. The molecule has 0 unspecified atom stereocenters. The molecule has 0 radical (unpaired) electrons. The maximum Gasteiger partial charge on any atom is 0.354 e. The molecular weight excluding hydrogens is 250 g/mol. The van der Waals surface area contributed by atoms with Crippen LogP contribution in [0.1, 0.15) is 16.2 Å². The number of carboxylic acid groups (broad SMARTS) is 1. The van der Waals surface area contributed by atoms with E-state index in [9.17, 15) is 4.79 Å². The van der Waals surface area contributed by atoms with Gasteiger partial charge in [0.25, 0.3) is 0 Å². The molecule has 5 nitrogen and oxygen atoms in total. The molecule has 0 aromatic carbocycles. The van der Waals surface area contributed by atoms with E-state index in [1.165, 1.54) is 4.40 Å². The molecule has 0 amide bonds. The fourth-order valence-electron chi connectivity index (χ4n) is 1.28. The van der Waals surface area contributed by atoms with E-state index in [-0.39, 0.29) is 5.69 Å². The lowest BCUT2D eigenvalue weighted by molar-refractivity contribution is 0.0688. The lowest BCUT2D eigenvalue weighted by Crippen LogP contribution is -2.03. The van der Waals surface area contributed by atoms with Crippen molar-refractivity contribution in [2.24, 2.45) is 0 Å². The van der Waals surface area contributed by atoms with Gasteiger partial charge in [0.1, 0.15) is 4.60 Å². The predicted octanol–water partition coefficient (Wildman–Crippen LogP) is 1.50. The van der Waals surface area contributed by atoms with Crippen molar-refractivity contribution in [3.05, 3.63) is 28.3 Å². The Morgan fingerprint density at radius 1 is 1.57 bits per heavy atom. The second kappa shape index (κ2) is 3.06. The summed E-state index contributed by atoms with van der Waals surface area (Å²) in [5.74, 6) is -0.617. The summed E-state index contributed by atoms with van der Waals surface area (Å²) < 4.78 is 2.08. The number of imidazole rings is 1. The SMILES string of the molecule is Cc1nc2nc(Br)ccn2c1C(=O)O. The first kappa shape index (κ1) is 9.14. The molecule has 0 bridgehead atoms. The molecule has 2 rings (SSSR count). The van der Waals surface area contributed by atoms with Gasteiger partial charge in [0.05, 0.1) is 5.69 Å². The molecule has 72 valence electrons. The van der Waals surface area contributed by atoms with Gasteiger partial charge < -0.3 is 5.11 Å². The van der Waals surface area contributed by atoms with Crippen LogP contribution in [0.25, 0.3) is 5.78 Å². The average Bonchev–Trinajstić information content (AvgIpc) is 2.39. The second-order valence-corrected chi connectivity index (χ2v) is 3.58. The van der Waals surface area contributed by atoms with Gasteiger partial charge in [-0.25, -0.2) is 14.8 Å². The number of aryl methyl sites for hydroxylation is 1. The standard InChI is InChI=1S/C8H6BrN3O2/c1-4-6(7(13)14)12-3-2-5(9)11-8(12)10-4/h2-3H,1H3,(H,13,14). The number of nitrogens with zero attached hydrogens (tertiary/aromatic N) is 3. The number of aromatic nitrogens is 3. The van der Waals surface area contributed by atoms with E-state index in [2.05, 4.69) is 25.9 Å². The van der Waals surface area contributed by atoms with Crippen LogP contribution in [0.3, 0.4) is 0 Å². The maximum atomic E-state index is 10.9. The Morgan fingerprint density at radius 3 is 2.93 bits per heavy atom. The van der Waals surface area contributed by atoms with E-state index in [1.54, 1.807) is 19.2 Å². The summed E-state index contributed by atoms with van der Waals surface area (Å²) >= 11 is 3.19. The fraction of sp³-hybridized carbons (Fsp3) is 0.125. The summed E-state index contributed by atoms with van der Waals surface area (Å²) in [7, 11) is 0. The van der Waals surface area contributed by atoms with Gasteiger partial charge in [0.15, 0.2) is 5.69 Å². The molecule has 0 aliphatic carbocycles. The fourth-order valence-corrected chi connectivity index (χ4v) is 1.55. The van der Waals surface area contributed by atoms with Crippen LogP contribution in [0.4, 0.5) is 0 Å². The van der Waals surface area contributed by atoms with Gasteiger partial charge in [0.2, 0.25) is 5.78 Å². The van der Waals surface area contributed by atoms with Gasteiger partial charge in [-0.3, -0.25) is 4.40 Å². The first-order valence-corrected chi connectivity index (χ1v) is 4.63. The van der Waals surface area contributed by atoms with Crippen LogP contribution in [0.15, 0.2) is 16.9 Å².